The van der Waals surface area contributed by atoms with Crippen LogP contribution < -0.4 is 16.0 Å². The minimum atomic E-state index is -0.227. The Balaban J connectivity index is 1.33. The number of thiazole rings is 1. The zero-order chi connectivity index (χ0) is 23.5. The van der Waals surface area contributed by atoms with E-state index in [1.165, 1.54) is 11.3 Å². The molecule has 2 aromatic carbocycles. The quantitative estimate of drug-likeness (QED) is 0.348. The number of fused-ring (bicyclic) bond motifs is 1. The molecule has 0 saturated carbocycles. The van der Waals surface area contributed by atoms with Crippen LogP contribution in [0.15, 0.2) is 59.3 Å². The first-order chi connectivity index (χ1) is 16.6. The molecule has 1 saturated heterocycles. The number of thioether (sulfide) groups is 1. The van der Waals surface area contributed by atoms with Gasteiger partial charge in [-0.1, -0.05) is 12.1 Å². The fraction of sp³-hybridized carbons (Fsp3) is 0.240. The number of amides is 2. The van der Waals surface area contributed by atoms with Gasteiger partial charge in [-0.05, 0) is 71.5 Å². The van der Waals surface area contributed by atoms with Gasteiger partial charge in [-0.3, -0.25) is 9.59 Å². The predicted octanol–water partition coefficient (Wildman–Crippen LogP) is 5.72. The topological polar surface area (TPSA) is 88.3 Å². The van der Waals surface area contributed by atoms with Crippen LogP contribution in [0, 0.1) is 5.92 Å². The molecule has 3 N–H and O–H groups in total. The average molecular weight is 509 g/mol. The third-order valence-electron chi connectivity index (χ3n) is 5.87. The molecule has 0 aliphatic carbocycles. The van der Waals surface area contributed by atoms with Gasteiger partial charge in [0.05, 0.1) is 5.69 Å². The van der Waals surface area contributed by atoms with Gasteiger partial charge in [0.15, 0.2) is 5.13 Å². The van der Waals surface area contributed by atoms with E-state index >= 15 is 0 Å². The van der Waals surface area contributed by atoms with Crippen LogP contribution >= 0.6 is 34.4 Å². The van der Waals surface area contributed by atoms with Crippen LogP contribution in [0.25, 0.3) is 21.3 Å². The summed E-state index contributed by atoms with van der Waals surface area (Å²) in [6.07, 6.45) is 1.70. The van der Waals surface area contributed by atoms with E-state index in [1.54, 1.807) is 16.2 Å². The summed E-state index contributed by atoms with van der Waals surface area (Å²) in [6.45, 7) is -0.0253. The average Bonchev–Trinajstić information content (AvgIpc) is 3.51. The third kappa shape index (κ3) is 5.11. The number of nitrogens with one attached hydrogen (secondary N) is 1. The first-order valence-corrected chi connectivity index (χ1v) is 14.0. The van der Waals surface area contributed by atoms with Gasteiger partial charge in [-0.25, -0.2) is 4.98 Å². The van der Waals surface area contributed by atoms with Crippen molar-refractivity contribution < 1.29 is 9.59 Å². The van der Waals surface area contributed by atoms with E-state index < -0.39 is 0 Å². The number of carbonyl (C=O) groups excluding carboxylic acids is 2. The van der Waals surface area contributed by atoms with E-state index in [2.05, 4.69) is 10.3 Å². The molecule has 6 nitrogen and oxygen atoms in total. The van der Waals surface area contributed by atoms with Crippen LogP contribution in [0.3, 0.4) is 0 Å². The lowest BCUT2D eigenvalue weighted by molar-refractivity contribution is -0.124. The molecule has 1 aliphatic heterocycles. The number of carbonyl (C=O) groups is 2. The lowest BCUT2D eigenvalue weighted by Crippen LogP contribution is -2.42. The minimum Gasteiger partial charge on any atom is -0.375 e. The van der Waals surface area contributed by atoms with E-state index in [-0.39, 0.29) is 24.3 Å². The van der Waals surface area contributed by atoms with Gasteiger partial charge in [-0.15, -0.1) is 22.7 Å². The number of nitrogen functional groups attached to an aromatic ring is 1. The molecule has 34 heavy (non-hydrogen) atoms. The summed E-state index contributed by atoms with van der Waals surface area (Å²) in [4.78, 5) is 32.5. The highest BCUT2D eigenvalue weighted by Gasteiger charge is 2.28. The zero-order valence-corrected chi connectivity index (χ0v) is 20.8. The van der Waals surface area contributed by atoms with Crippen LogP contribution in [-0.4, -0.2) is 34.8 Å². The van der Waals surface area contributed by atoms with Crippen LogP contribution in [0.5, 0.6) is 0 Å². The summed E-state index contributed by atoms with van der Waals surface area (Å²) in [5, 5.41) is 8.48. The van der Waals surface area contributed by atoms with Crippen molar-refractivity contribution in [1.82, 2.24) is 4.98 Å². The van der Waals surface area contributed by atoms with Gasteiger partial charge >= 0.3 is 0 Å². The van der Waals surface area contributed by atoms with Crippen molar-refractivity contribution in [3.05, 3.63) is 59.3 Å². The summed E-state index contributed by atoms with van der Waals surface area (Å²) in [6, 6.07) is 15.5. The van der Waals surface area contributed by atoms with E-state index in [1.807, 2.05) is 71.1 Å². The van der Waals surface area contributed by atoms with Gasteiger partial charge in [0.25, 0.3) is 0 Å². The molecule has 2 amide bonds. The van der Waals surface area contributed by atoms with E-state index in [4.69, 9.17) is 5.73 Å². The largest absolute Gasteiger partial charge is 0.375 e. The second kappa shape index (κ2) is 10.2. The molecule has 0 spiro atoms. The highest BCUT2D eigenvalue weighted by atomic mass is 32.2. The molecule has 2 aromatic heterocycles. The molecule has 4 aromatic rings. The summed E-state index contributed by atoms with van der Waals surface area (Å²) in [7, 11) is 0. The Morgan fingerprint density at radius 2 is 1.85 bits per heavy atom. The maximum absolute atomic E-state index is 13.5. The number of hydrogen-bond donors (Lipinski definition) is 2. The molecule has 5 rings (SSSR count). The van der Waals surface area contributed by atoms with Crippen molar-refractivity contribution in [2.24, 2.45) is 5.92 Å². The number of rotatable bonds is 6. The molecule has 1 fully saturated rings. The van der Waals surface area contributed by atoms with Crippen LogP contribution in [0.1, 0.15) is 12.8 Å². The second-order valence-electron chi connectivity index (χ2n) is 8.15. The van der Waals surface area contributed by atoms with E-state index in [9.17, 15) is 9.59 Å². The molecule has 0 bridgehead atoms. The third-order valence-corrected chi connectivity index (χ3v) is 8.49. The van der Waals surface area contributed by atoms with Crippen LogP contribution in [0.4, 0.5) is 16.5 Å². The van der Waals surface area contributed by atoms with Gasteiger partial charge in [0.2, 0.25) is 11.8 Å². The Hall–Kier alpha value is -2.88. The minimum absolute atomic E-state index is 0.0253. The Labute approximate surface area is 210 Å². The SMILES string of the molecule is Nc1nc(-c2ccc(NC(=O)CN(C(=O)C3CCSCC3)c3ccc4sccc4c3)cc2)cs1. The Morgan fingerprint density at radius 3 is 2.59 bits per heavy atom. The zero-order valence-electron chi connectivity index (χ0n) is 18.4. The number of anilines is 3. The summed E-state index contributed by atoms with van der Waals surface area (Å²) in [5.41, 5.74) is 8.91. The van der Waals surface area contributed by atoms with Crippen molar-refractivity contribution in [2.75, 3.05) is 34.0 Å². The van der Waals surface area contributed by atoms with Crippen molar-refractivity contribution in [2.45, 2.75) is 12.8 Å². The van der Waals surface area contributed by atoms with Crippen LogP contribution in [-0.2, 0) is 9.59 Å². The predicted molar refractivity (Wildman–Crippen MR) is 145 cm³/mol. The van der Waals surface area contributed by atoms with E-state index in [0.717, 1.165) is 51.4 Å². The molecule has 0 unspecified atom stereocenters. The number of thiophene rings is 1. The molecular formula is C25H24N4O2S3. The number of hydrogen-bond acceptors (Lipinski definition) is 7. The second-order valence-corrected chi connectivity index (χ2v) is 11.2. The maximum Gasteiger partial charge on any atom is 0.244 e. The standard InChI is InChI=1S/C25H24N4O2S3/c26-25-28-21(15-34-25)16-1-3-19(4-2-16)27-23(30)14-29(24(31)17-7-10-32-11-8-17)20-5-6-22-18(13-20)9-12-33-22/h1-6,9,12-13,15,17H,7-8,10-11,14H2,(H2,26,28)(H,27,30). The van der Waals surface area contributed by atoms with E-state index in [0.29, 0.717) is 10.8 Å². The van der Waals surface area contributed by atoms with Gasteiger partial charge in [-0.2, -0.15) is 11.8 Å². The number of nitrogens with two attached hydrogens (primary N) is 1. The van der Waals surface area contributed by atoms with Crippen molar-refractivity contribution in [3.63, 3.8) is 0 Å². The fourth-order valence-electron chi connectivity index (χ4n) is 4.07. The molecule has 174 valence electrons. The molecular weight excluding hydrogens is 485 g/mol. The number of benzene rings is 2. The first-order valence-electron chi connectivity index (χ1n) is 11.0. The lowest BCUT2D eigenvalue weighted by atomic mass is 10.0. The van der Waals surface area contributed by atoms with Crippen LogP contribution in [0.2, 0.25) is 0 Å². The Morgan fingerprint density at radius 1 is 1.06 bits per heavy atom. The van der Waals surface area contributed by atoms with Gasteiger partial charge in [0, 0.05) is 32.9 Å². The smallest absolute Gasteiger partial charge is 0.244 e. The van der Waals surface area contributed by atoms with Crippen molar-refractivity contribution >= 4 is 72.8 Å². The molecule has 9 heteroatoms. The summed E-state index contributed by atoms with van der Waals surface area (Å²) >= 11 is 4.94. The maximum atomic E-state index is 13.5. The normalized spacial score (nSPS) is 14.2. The van der Waals surface area contributed by atoms with Gasteiger partial charge < -0.3 is 16.0 Å². The number of aromatic nitrogens is 1. The highest BCUT2D eigenvalue weighted by Crippen LogP contribution is 2.30. The lowest BCUT2D eigenvalue weighted by Gasteiger charge is -2.29. The Kier molecular flexibility index (Phi) is 6.85. The fourth-order valence-corrected chi connectivity index (χ4v) is 6.52. The molecule has 0 radical (unpaired) electrons. The Bertz CT molecular complexity index is 1310. The van der Waals surface area contributed by atoms with Gasteiger partial charge in [0.1, 0.15) is 6.54 Å². The summed E-state index contributed by atoms with van der Waals surface area (Å²) < 4.78 is 1.16. The van der Waals surface area contributed by atoms with Crippen molar-refractivity contribution in [1.29, 1.82) is 0 Å². The molecule has 1 aliphatic rings. The highest BCUT2D eigenvalue weighted by molar-refractivity contribution is 7.99. The summed E-state index contributed by atoms with van der Waals surface area (Å²) in [5.74, 6) is 1.72. The number of nitrogens with zero attached hydrogens (tertiary/aromatic N) is 2. The monoisotopic (exact) mass is 508 g/mol. The van der Waals surface area contributed by atoms with Crippen molar-refractivity contribution in [3.8, 4) is 11.3 Å². The molecule has 3 heterocycles. The first kappa shape index (κ1) is 22.9. The molecule has 0 atom stereocenters.